The molecule has 0 aliphatic rings. The summed E-state index contributed by atoms with van der Waals surface area (Å²) in [5.41, 5.74) is 2.75. The monoisotopic (exact) mass is 375 g/mol. The zero-order valence-electron chi connectivity index (χ0n) is 16.1. The number of pyridine rings is 2. The Balaban J connectivity index is 2.05. The Labute approximate surface area is 162 Å². The minimum absolute atomic E-state index is 0.0429. The summed E-state index contributed by atoms with van der Waals surface area (Å²) < 4.78 is 9.12. The van der Waals surface area contributed by atoms with Crippen molar-refractivity contribution in [1.82, 2.24) is 14.1 Å². The van der Waals surface area contributed by atoms with Gasteiger partial charge in [-0.05, 0) is 12.5 Å². The van der Waals surface area contributed by atoms with Crippen LogP contribution in [0.1, 0.15) is 23.0 Å². The highest BCUT2D eigenvalue weighted by atomic mass is 16.5. The largest absolute Gasteiger partial charge is 0.494 e. The number of aromatic nitrogens is 3. The van der Waals surface area contributed by atoms with Crippen LogP contribution < -0.4 is 10.3 Å². The molecule has 0 unspecified atom stereocenters. The fourth-order valence-corrected chi connectivity index (χ4v) is 3.90. The third-order valence-electron chi connectivity index (χ3n) is 5.21. The van der Waals surface area contributed by atoms with Gasteiger partial charge in [0, 0.05) is 30.4 Å². The maximum absolute atomic E-state index is 13.5. The summed E-state index contributed by atoms with van der Waals surface area (Å²) in [5.74, 6) is 0.447. The number of carbonyl (C=O) groups excluding carboxylic acids is 1. The number of methoxy groups -OCH3 is 1. The molecule has 28 heavy (non-hydrogen) atoms. The topological polar surface area (TPSA) is 66.1 Å². The number of rotatable bonds is 5. The minimum atomic E-state index is -0.231. The van der Waals surface area contributed by atoms with Gasteiger partial charge >= 0.3 is 0 Å². The van der Waals surface area contributed by atoms with Gasteiger partial charge in [-0.25, -0.2) is 0 Å². The molecule has 0 bridgehead atoms. The molecule has 0 saturated carbocycles. The molecule has 1 aromatic carbocycles. The van der Waals surface area contributed by atoms with Gasteiger partial charge in [-0.15, -0.1) is 0 Å². The molecule has 0 radical (unpaired) electrons. The van der Waals surface area contributed by atoms with Gasteiger partial charge in [0.1, 0.15) is 5.39 Å². The van der Waals surface area contributed by atoms with Gasteiger partial charge in [0.25, 0.3) is 5.56 Å². The SMILES string of the molecule is CCc1c(OC)c2c(=O)n(CC(=O)c3ccccc3)c3ccncc3c2n1C. The Morgan fingerprint density at radius 3 is 2.61 bits per heavy atom. The Hall–Kier alpha value is -3.41. The van der Waals surface area contributed by atoms with E-state index in [9.17, 15) is 9.59 Å². The van der Waals surface area contributed by atoms with E-state index in [0.29, 0.717) is 22.2 Å². The zero-order chi connectivity index (χ0) is 19.8. The minimum Gasteiger partial charge on any atom is -0.494 e. The normalized spacial score (nSPS) is 11.2. The fourth-order valence-electron chi connectivity index (χ4n) is 3.90. The molecule has 0 atom stereocenters. The highest BCUT2D eigenvalue weighted by molar-refractivity contribution is 6.07. The van der Waals surface area contributed by atoms with Crippen LogP contribution in [0.2, 0.25) is 0 Å². The second kappa shape index (κ2) is 6.96. The molecule has 0 aliphatic carbocycles. The van der Waals surface area contributed by atoms with Crippen molar-refractivity contribution in [1.29, 1.82) is 0 Å². The van der Waals surface area contributed by atoms with Crippen molar-refractivity contribution in [2.75, 3.05) is 7.11 Å². The zero-order valence-corrected chi connectivity index (χ0v) is 16.1. The maximum atomic E-state index is 13.5. The predicted molar refractivity (Wildman–Crippen MR) is 109 cm³/mol. The van der Waals surface area contributed by atoms with Crippen LogP contribution in [0.5, 0.6) is 5.75 Å². The van der Waals surface area contributed by atoms with Crippen LogP contribution in [0.25, 0.3) is 21.8 Å². The molecule has 0 fully saturated rings. The Kier molecular flexibility index (Phi) is 4.47. The van der Waals surface area contributed by atoms with Crippen molar-refractivity contribution in [3.63, 3.8) is 0 Å². The lowest BCUT2D eigenvalue weighted by atomic mass is 10.1. The van der Waals surface area contributed by atoms with Crippen LogP contribution in [0.3, 0.4) is 0 Å². The van der Waals surface area contributed by atoms with Crippen molar-refractivity contribution >= 4 is 27.6 Å². The van der Waals surface area contributed by atoms with Crippen LogP contribution >= 0.6 is 0 Å². The second-order valence-corrected chi connectivity index (χ2v) is 6.69. The first-order valence-electron chi connectivity index (χ1n) is 9.18. The third kappa shape index (κ3) is 2.60. The van der Waals surface area contributed by atoms with E-state index in [2.05, 4.69) is 4.98 Å². The maximum Gasteiger partial charge on any atom is 0.264 e. The summed E-state index contributed by atoms with van der Waals surface area (Å²) >= 11 is 0. The van der Waals surface area contributed by atoms with Crippen molar-refractivity contribution in [2.24, 2.45) is 7.05 Å². The van der Waals surface area contributed by atoms with Crippen LogP contribution in [0.15, 0.2) is 53.6 Å². The first-order chi connectivity index (χ1) is 13.6. The molecular weight excluding hydrogens is 354 g/mol. The molecule has 0 spiro atoms. The summed E-state index contributed by atoms with van der Waals surface area (Å²) in [4.78, 5) is 30.5. The van der Waals surface area contributed by atoms with E-state index < -0.39 is 0 Å². The number of hydrogen-bond donors (Lipinski definition) is 0. The van der Waals surface area contributed by atoms with Crippen molar-refractivity contribution in [3.05, 3.63) is 70.4 Å². The van der Waals surface area contributed by atoms with Crippen molar-refractivity contribution in [3.8, 4) is 5.75 Å². The van der Waals surface area contributed by atoms with E-state index in [1.54, 1.807) is 37.7 Å². The van der Waals surface area contributed by atoms with E-state index >= 15 is 0 Å². The quantitative estimate of drug-likeness (QED) is 0.502. The number of benzene rings is 1. The van der Waals surface area contributed by atoms with E-state index in [1.165, 1.54) is 4.57 Å². The average Bonchev–Trinajstić information content (AvgIpc) is 3.03. The molecule has 6 heteroatoms. The first kappa shape index (κ1) is 18.0. The molecular formula is C22H21N3O3. The number of hydrogen-bond acceptors (Lipinski definition) is 4. The number of nitrogens with zero attached hydrogens (tertiary/aromatic N) is 3. The van der Waals surface area contributed by atoms with Gasteiger partial charge < -0.3 is 9.30 Å². The molecule has 4 rings (SSSR count). The Morgan fingerprint density at radius 2 is 1.93 bits per heavy atom. The number of fused-ring (bicyclic) bond motifs is 3. The van der Waals surface area contributed by atoms with Crippen LogP contribution in [0, 0.1) is 0 Å². The summed E-state index contributed by atoms with van der Waals surface area (Å²) in [7, 11) is 3.50. The molecule has 0 aliphatic heterocycles. The molecule has 3 heterocycles. The number of ether oxygens (including phenoxy) is 1. The smallest absolute Gasteiger partial charge is 0.264 e. The lowest BCUT2D eigenvalue weighted by Gasteiger charge is -2.12. The van der Waals surface area contributed by atoms with Gasteiger partial charge in [0.15, 0.2) is 11.5 Å². The molecule has 0 amide bonds. The number of aryl methyl sites for hydroxylation is 1. The predicted octanol–water partition coefficient (Wildman–Crippen LogP) is 3.34. The first-order valence-corrected chi connectivity index (χ1v) is 9.18. The highest BCUT2D eigenvalue weighted by Crippen LogP contribution is 2.34. The fraction of sp³-hybridized carbons (Fsp3) is 0.227. The molecule has 4 aromatic rings. The van der Waals surface area contributed by atoms with E-state index in [0.717, 1.165) is 23.0 Å². The van der Waals surface area contributed by atoms with E-state index in [4.69, 9.17) is 4.74 Å². The van der Waals surface area contributed by atoms with Crippen LogP contribution in [-0.2, 0) is 20.0 Å². The second-order valence-electron chi connectivity index (χ2n) is 6.69. The van der Waals surface area contributed by atoms with Gasteiger partial charge in [0.2, 0.25) is 0 Å². The van der Waals surface area contributed by atoms with Crippen LogP contribution in [-0.4, -0.2) is 27.0 Å². The number of Topliss-reactive ketones (excluding diaryl/α,β-unsaturated/α-hetero) is 1. The number of ketones is 1. The summed E-state index contributed by atoms with van der Waals surface area (Å²) in [5, 5.41) is 1.31. The third-order valence-corrected chi connectivity index (χ3v) is 5.21. The highest BCUT2D eigenvalue weighted by Gasteiger charge is 2.23. The Morgan fingerprint density at radius 1 is 1.18 bits per heavy atom. The standard InChI is InChI=1S/C22H21N3O3/c1-4-16-21(28-3)19-20(24(16)2)15-12-23-11-10-17(15)25(22(19)27)13-18(26)14-8-6-5-7-9-14/h5-12H,4,13H2,1-3H3. The molecule has 0 N–H and O–H groups in total. The van der Waals surface area contributed by atoms with Crippen molar-refractivity contribution in [2.45, 2.75) is 19.9 Å². The molecule has 142 valence electrons. The van der Waals surface area contributed by atoms with Gasteiger partial charge in [-0.1, -0.05) is 37.3 Å². The lowest BCUT2D eigenvalue weighted by Crippen LogP contribution is -2.25. The molecule has 6 nitrogen and oxygen atoms in total. The summed E-state index contributed by atoms with van der Waals surface area (Å²) in [6.45, 7) is 1.98. The van der Waals surface area contributed by atoms with E-state index in [-0.39, 0.29) is 17.9 Å². The molecule has 0 saturated heterocycles. The van der Waals surface area contributed by atoms with Gasteiger partial charge in [0.05, 0.1) is 30.4 Å². The van der Waals surface area contributed by atoms with E-state index in [1.807, 2.05) is 36.7 Å². The summed E-state index contributed by atoms with van der Waals surface area (Å²) in [6, 6.07) is 10.8. The van der Waals surface area contributed by atoms with Gasteiger partial charge in [-0.3, -0.25) is 19.1 Å². The molecule has 3 aromatic heterocycles. The lowest BCUT2D eigenvalue weighted by molar-refractivity contribution is 0.0972. The average molecular weight is 375 g/mol. The number of carbonyl (C=O) groups is 1. The Bertz CT molecular complexity index is 1250. The van der Waals surface area contributed by atoms with Gasteiger partial charge in [-0.2, -0.15) is 0 Å². The van der Waals surface area contributed by atoms with Crippen LogP contribution in [0.4, 0.5) is 0 Å². The van der Waals surface area contributed by atoms with Crippen molar-refractivity contribution < 1.29 is 9.53 Å². The summed E-state index contributed by atoms with van der Waals surface area (Å²) in [6.07, 6.45) is 4.09.